The van der Waals surface area contributed by atoms with Crippen molar-refractivity contribution in [3.05, 3.63) is 29.1 Å². The van der Waals surface area contributed by atoms with Crippen LogP contribution in [0.4, 0.5) is 30.7 Å². The molecule has 2 aromatic rings. The minimum absolute atomic E-state index is 0.0785. The molecule has 1 aromatic carbocycles. The Morgan fingerprint density at radius 2 is 1.82 bits per heavy atom. The van der Waals surface area contributed by atoms with Crippen LogP contribution in [0.2, 0.25) is 0 Å². The van der Waals surface area contributed by atoms with Gasteiger partial charge in [-0.2, -0.15) is 26.3 Å². The van der Waals surface area contributed by atoms with Crippen molar-refractivity contribution in [3.8, 4) is 11.4 Å². The number of amides is 1. The number of carbonyl (C=O) groups is 1. The summed E-state index contributed by atoms with van der Waals surface area (Å²) in [5.74, 6) is -3.36. The van der Waals surface area contributed by atoms with Crippen molar-refractivity contribution >= 4 is 17.7 Å². The molecule has 0 aliphatic carbocycles. The molecule has 1 amide bonds. The molecule has 0 aliphatic heterocycles. The molecular weight excluding hydrogens is 417 g/mol. The summed E-state index contributed by atoms with van der Waals surface area (Å²) in [6.07, 6.45) is -9.08. The maximum absolute atomic E-state index is 14.3. The predicted octanol–water partition coefficient (Wildman–Crippen LogP) is 3.88. The van der Waals surface area contributed by atoms with Crippen molar-refractivity contribution in [2.45, 2.75) is 24.4 Å². The molecule has 5 nitrogen and oxygen atoms in total. The van der Waals surface area contributed by atoms with Gasteiger partial charge < -0.3 is 5.32 Å². The van der Waals surface area contributed by atoms with Gasteiger partial charge in [0.05, 0.1) is 11.3 Å². The molecule has 0 atom stereocenters. The number of benzene rings is 1. The zero-order valence-electron chi connectivity index (χ0n) is 14.4. The van der Waals surface area contributed by atoms with Gasteiger partial charge in [0.15, 0.2) is 5.82 Å². The third-order valence-corrected chi connectivity index (χ3v) is 4.26. The molecule has 0 bridgehead atoms. The van der Waals surface area contributed by atoms with Gasteiger partial charge in [-0.05, 0) is 24.6 Å². The molecule has 0 unspecified atom stereocenters. The number of nitrogens with one attached hydrogen (secondary N) is 1. The number of halogens is 7. The van der Waals surface area contributed by atoms with Gasteiger partial charge in [-0.25, -0.2) is 14.1 Å². The largest absolute Gasteiger partial charge is 0.405 e. The highest BCUT2D eigenvalue weighted by atomic mass is 32.2. The lowest BCUT2D eigenvalue weighted by atomic mass is 10.0. The molecule has 28 heavy (non-hydrogen) atoms. The lowest BCUT2D eigenvalue weighted by Gasteiger charge is -2.12. The Balaban J connectivity index is 2.33. The smallest absolute Gasteiger partial charge is 0.343 e. The molecule has 154 valence electrons. The molecule has 0 radical (unpaired) electrons. The Kier molecular flexibility index (Phi) is 6.26. The zero-order chi connectivity index (χ0) is 21.3. The summed E-state index contributed by atoms with van der Waals surface area (Å²) in [5.41, 5.74) is -0.431. The van der Waals surface area contributed by atoms with E-state index in [9.17, 15) is 35.5 Å². The lowest BCUT2D eigenvalue weighted by Crippen LogP contribution is -2.34. The molecule has 0 fully saturated rings. The summed E-state index contributed by atoms with van der Waals surface area (Å²) in [6, 6.07) is 1.91. The van der Waals surface area contributed by atoms with Crippen molar-refractivity contribution in [2.75, 3.05) is 12.3 Å². The van der Waals surface area contributed by atoms with E-state index in [1.54, 1.807) is 5.32 Å². The van der Waals surface area contributed by atoms with Gasteiger partial charge >= 0.3 is 12.4 Å². The molecule has 0 saturated heterocycles. The molecule has 0 aliphatic rings. The highest BCUT2D eigenvalue weighted by molar-refractivity contribution is 7.99. The molecule has 1 aromatic heterocycles. The number of hydrogen-bond acceptors (Lipinski definition) is 4. The summed E-state index contributed by atoms with van der Waals surface area (Å²) in [6.45, 7) is -0.239. The molecular formula is C15H13F7N4OS. The number of thioether (sulfide) groups is 1. The first kappa shape index (κ1) is 22.0. The number of aromatic nitrogens is 3. The second-order valence-electron chi connectivity index (χ2n) is 5.69. The molecule has 0 saturated carbocycles. The van der Waals surface area contributed by atoms with Crippen LogP contribution in [0.3, 0.4) is 0 Å². The van der Waals surface area contributed by atoms with Crippen LogP contribution in [-0.4, -0.2) is 45.3 Å². The monoisotopic (exact) mass is 430 g/mol. The van der Waals surface area contributed by atoms with Crippen LogP contribution < -0.4 is 5.32 Å². The summed E-state index contributed by atoms with van der Waals surface area (Å²) >= 11 is 0.293. The maximum atomic E-state index is 14.3. The number of alkyl halides is 6. The zero-order valence-corrected chi connectivity index (χ0v) is 15.2. The van der Waals surface area contributed by atoms with Crippen LogP contribution >= 0.6 is 11.8 Å². The minimum atomic E-state index is -4.62. The number of hydrogen-bond donors (Lipinski definition) is 1. The number of aryl methyl sites for hydroxylation is 2. The molecule has 1 N–H and O–H groups in total. The summed E-state index contributed by atoms with van der Waals surface area (Å²) in [7, 11) is 1.31. The molecule has 13 heteroatoms. The van der Waals surface area contributed by atoms with E-state index in [0.29, 0.717) is 11.8 Å². The van der Waals surface area contributed by atoms with Crippen LogP contribution in [0.15, 0.2) is 17.3 Å². The van der Waals surface area contributed by atoms with E-state index >= 15 is 0 Å². The van der Waals surface area contributed by atoms with Crippen molar-refractivity contribution in [1.82, 2.24) is 20.1 Å². The lowest BCUT2D eigenvalue weighted by molar-refractivity contribution is -0.123. The van der Waals surface area contributed by atoms with Crippen molar-refractivity contribution in [1.29, 1.82) is 0 Å². The van der Waals surface area contributed by atoms with Gasteiger partial charge in [0.25, 0.3) is 5.91 Å². The maximum Gasteiger partial charge on any atom is 0.405 e. The van der Waals surface area contributed by atoms with E-state index in [4.69, 9.17) is 0 Å². The standard InChI is InChI=1S/C15H13F7N4OS/c1-7-3-10(16)9(4-8(7)12(27)23-5-14(17,18)19)11-24-13(25-26(11)2)28-6-15(20,21)22/h3-4H,5-6H2,1-2H3,(H,23,27). The Morgan fingerprint density at radius 1 is 1.18 bits per heavy atom. The van der Waals surface area contributed by atoms with Crippen LogP contribution in [-0.2, 0) is 7.05 Å². The summed E-state index contributed by atoms with van der Waals surface area (Å²) in [5, 5.41) is 5.16. The normalized spacial score (nSPS) is 12.3. The topological polar surface area (TPSA) is 59.8 Å². The second-order valence-corrected chi connectivity index (χ2v) is 6.63. The fraction of sp³-hybridized carbons (Fsp3) is 0.400. The highest BCUT2D eigenvalue weighted by Gasteiger charge is 2.30. The quantitative estimate of drug-likeness (QED) is 0.578. The Labute approximate surface area is 158 Å². The van der Waals surface area contributed by atoms with Crippen molar-refractivity contribution in [2.24, 2.45) is 7.05 Å². The van der Waals surface area contributed by atoms with E-state index in [1.807, 2.05) is 0 Å². The Bertz CT molecular complexity index is 876. The van der Waals surface area contributed by atoms with E-state index in [-0.39, 0.29) is 27.7 Å². The molecule has 0 spiro atoms. The summed E-state index contributed by atoms with van der Waals surface area (Å²) in [4.78, 5) is 15.8. The van der Waals surface area contributed by atoms with Gasteiger partial charge in [0, 0.05) is 12.6 Å². The van der Waals surface area contributed by atoms with Gasteiger partial charge in [-0.1, -0.05) is 11.8 Å². The average molecular weight is 430 g/mol. The van der Waals surface area contributed by atoms with Gasteiger partial charge in [-0.3, -0.25) is 4.79 Å². The van der Waals surface area contributed by atoms with Gasteiger partial charge in [-0.15, -0.1) is 5.10 Å². The van der Waals surface area contributed by atoms with Gasteiger partial charge in [0.1, 0.15) is 12.4 Å². The van der Waals surface area contributed by atoms with E-state index in [2.05, 4.69) is 10.1 Å². The van der Waals surface area contributed by atoms with E-state index in [1.165, 1.54) is 14.0 Å². The van der Waals surface area contributed by atoms with Gasteiger partial charge in [0.2, 0.25) is 5.16 Å². The van der Waals surface area contributed by atoms with Crippen LogP contribution in [0.25, 0.3) is 11.4 Å². The number of nitrogens with zero attached hydrogens (tertiary/aromatic N) is 3. The van der Waals surface area contributed by atoms with Crippen molar-refractivity contribution in [3.63, 3.8) is 0 Å². The third kappa shape index (κ3) is 5.84. The minimum Gasteiger partial charge on any atom is -0.343 e. The first-order chi connectivity index (χ1) is 12.8. The molecule has 2 rings (SSSR count). The predicted molar refractivity (Wildman–Crippen MR) is 86.3 cm³/mol. The van der Waals surface area contributed by atoms with E-state index in [0.717, 1.165) is 16.8 Å². The number of carbonyl (C=O) groups excluding carboxylic acids is 1. The average Bonchev–Trinajstić information content (AvgIpc) is 2.90. The third-order valence-electron chi connectivity index (χ3n) is 3.36. The Morgan fingerprint density at radius 3 is 2.39 bits per heavy atom. The Hall–Kier alpha value is -2.31. The second kappa shape index (κ2) is 7.97. The summed E-state index contributed by atoms with van der Waals surface area (Å²) < 4.78 is 89.1. The number of rotatable bonds is 5. The fourth-order valence-electron chi connectivity index (χ4n) is 2.17. The SMILES string of the molecule is Cc1cc(F)c(-c2nc(SCC(F)(F)F)nn2C)cc1C(=O)NCC(F)(F)F. The van der Waals surface area contributed by atoms with Crippen LogP contribution in [0, 0.1) is 12.7 Å². The van der Waals surface area contributed by atoms with Crippen LogP contribution in [0.5, 0.6) is 0 Å². The highest BCUT2D eigenvalue weighted by Crippen LogP contribution is 2.29. The van der Waals surface area contributed by atoms with E-state index < -0.39 is 36.4 Å². The van der Waals surface area contributed by atoms with Crippen LogP contribution in [0.1, 0.15) is 15.9 Å². The first-order valence-corrected chi connectivity index (χ1v) is 8.51. The fourth-order valence-corrected chi connectivity index (χ4v) is 2.79. The first-order valence-electron chi connectivity index (χ1n) is 7.53. The molecule has 1 heterocycles. The van der Waals surface area contributed by atoms with Crippen molar-refractivity contribution < 1.29 is 35.5 Å².